The summed E-state index contributed by atoms with van der Waals surface area (Å²) in [6.45, 7) is 7.56. The fourth-order valence-electron chi connectivity index (χ4n) is 3.16. The molecule has 8 nitrogen and oxygen atoms in total. The first-order valence-corrected chi connectivity index (χ1v) is 12.6. The molecule has 0 bridgehead atoms. The summed E-state index contributed by atoms with van der Waals surface area (Å²) in [6, 6.07) is 8.93. The Bertz CT molecular complexity index is 1200. The Labute approximate surface area is 216 Å². The second-order valence-electron chi connectivity index (χ2n) is 9.13. The van der Waals surface area contributed by atoms with Crippen LogP contribution >= 0.6 is 27.3 Å². The van der Waals surface area contributed by atoms with Gasteiger partial charge in [0.1, 0.15) is 12.1 Å². The number of hydrogen-bond donors (Lipinski definition) is 3. The Balaban J connectivity index is 1.79. The standard InChI is InChI=1S/C25H27BrN4O4S/c1-14(24(33)34)29-22(31)18(30-23(32)19-9-10-20(35-19)25(2,3)4)11-15-5-7-16(8-6-15)21-27-12-17(26)13-28-21/h5-10,12-14,18H,11H2,1-4H3,(H,29,31)(H,30,32)(H,33,34)/t14?,18-/m0/s1. The zero-order valence-electron chi connectivity index (χ0n) is 19.8. The number of carbonyl (C=O) groups excluding carboxylic acids is 2. The molecule has 0 aliphatic carbocycles. The molecule has 2 heterocycles. The van der Waals surface area contributed by atoms with Crippen LogP contribution < -0.4 is 10.6 Å². The third kappa shape index (κ3) is 7.19. The number of carbonyl (C=O) groups is 3. The van der Waals surface area contributed by atoms with Crippen molar-refractivity contribution in [1.29, 1.82) is 0 Å². The van der Waals surface area contributed by atoms with Gasteiger partial charge in [0.2, 0.25) is 5.91 Å². The van der Waals surface area contributed by atoms with Crippen molar-refractivity contribution in [1.82, 2.24) is 20.6 Å². The van der Waals surface area contributed by atoms with Gasteiger partial charge >= 0.3 is 5.97 Å². The fraction of sp³-hybridized carbons (Fsp3) is 0.320. The predicted octanol–water partition coefficient (Wildman–Crippen LogP) is 4.20. The number of hydrogen-bond acceptors (Lipinski definition) is 6. The second-order valence-corrected chi connectivity index (χ2v) is 11.1. The number of aromatic nitrogens is 2. The van der Waals surface area contributed by atoms with Crippen LogP contribution in [0.4, 0.5) is 0 Å². The Morgan fingerprint density at radius 2 is 1.66 bits per heavy atom. The van der Waals surface area contributed by atoms with Gasteiger partial charge in [-0.2, -0.15) is 0 Å². The van der Waals surface area contributed by atoms with E-state index in [-0.39, 0.29) is 17.7 Å². The maximum absolute atomic E-state index is 13.0. The van der Waals surface area contributed by atoms with E-state index in [0.29, 0.717) is 10.7 Å². The van der Waals surface area contributed by atoms with Crippen molar-refractivity contribution in [3.63, 3.8) is 0 Å². The molecular weight excluding hydrogens is 532 g/mol. The average molecular weight is 559 g/mol. The molecule has 3 N–H and O–H groups in total. The van der Waals surface area contributed by atoms with Crippen molar-refractivity contribution in [2.75, 3.05) is 0 Å². The lowest BCUT2D eigenvalue weighted by atomic mass is 9.95. The van der Waals surface area contributed by atoms with Crippen LogP contribution in [-0.4, -0.2) is 44.9 Å². The summed E-state index contributed by atoms with van der Waals surface area (Å²) in [4.78, 5) is 47.2. The molecule has 2 aromatic heterocycles. The van der Waals surface area contributed by atoms with Crippen molar-refractivity contribution in [3.8, 4) is 11.4 Å². The Morgan fingerprint density at radius 1 is 1.03 bits per heavy atom. The van der Waals surface area contributed by atoms with Gasteiger partial charge in [-0.05, 0) is 46.0 Å². The van der Waals surface area contributed by atoms with Gasteiger partial charge in [0, 0.05) is 29.3 Å². The van der Waals surface area contributed by atoms with Crippen LogP contribution in [0, 0.1) is 0 Å². The molecule has 2 amide bonds. The van der Waals surface area contributed by atoms with Crippen LogP contribution in [0.5, 0.6) is 0 Å². The Kier molecular flexibility index (Phi) is 8.39. The number of thiophene rings is 1. The van der Waals surface area contributed by atoms with E-state index in [0.717, 1.165) is 20.5 Å². The molecule has 1 aromatic carbocycles. The molecule has 0 aliphatic rings. The topological polar surface area (TPSA) is 121 Å². The van der Waals surface area contributed by atoms with E-state index in [9.17, 15) is 19.5 Å². The lowest BCUT2D eigenvalue weighted by Gasteiger charge is -2.20. The highest BCUT2D eigenvalue weighted by molar-refractivity contribution is 9.10. The smallest absolute Gasteiger partial charge is 0.325 e. The van der Waals surface area contributed by atoms with Crippen LogP contribution in [0.15, 0.2) is 53.3 Å². The maximum Gasteiger partial charge on any atom is 0.325 e. The maximum atomic E-state index is 13.0. The van der Waals surface area contributed by atoms with E-state index in [2.05, 4.69) is 57.3 Å². The Hall–Kier alpha value is -3.11. The predicted molar refractivity (Wildman–Crippen MR) is 138 cm³/mol. The number of benzene rings is 1. The molecular formula is C25H27BrN4O4S. The summed E-state index contributed by atoms with van der Waals surface area (Å²) in [5.41, 5.74) is 1.49. The number of nitrogens with one attached hydrogen (secondary N) is 2. The SMILES string of the molecule is CC(NC(=O)[C@H](Cc1ccc(-c2ncc(Br)cn2)cc1)NC(=O)c1ccc(C(C)(C)C)s1)C(=O)O. The molecule has 0 saturated carbocycles. The third-order valence-corrected chi connectivity index (χ3v) is 7.11. The summed E-state index contributed by atoms with van der Waals surface area (Å²) in [5.74, 6) is -1.55. The monoisotopic (exact) mass is 558 g/mol. The molecule has 184 valence electrons. The number of halogens is 1. The molecule has 3 aromatic rings. The van der Waals surface area contributed by atoms with Crippen molar-refractivity contribution >= 4 is 45.1 Å². The lowest BCUT2D eigenvalue weighted by Crippen LogP contribution is -2.51. The second kappa shape index (κ2) is 11.1. The zero-order valence-corrected chi connectivity index (χ0v) is 22.2. The van der Waals surface area contributed by atoms with Gasteiger partial charge in [0.15, 0.2) is 5.82 Å². The highest BCUT2D eigenvalue weighted by Crippen LogP contribution is 2.29. The van der Waals surface area contributed by atoms with Gasteiger partial charge < -0.3 is 15.7 Å². The number of nitrogens with zero attached hydrogens (tertiary/aromatic N) is 2. The minimum Gasteiger partial charge on any atom is -0.480 e. The summed E-state index contributed by atoms with van der Waals surface area (Å²) >= 11 is 4.68. The largest absolute Gasteiger partial charge is 0.480 e. The van der Waals surface area contributed by atoms with Crippen molar-refractivity contribution in [2.45, 2.75) is 51.6 Å². The van der Waals surface area contributed by atoms with Crippen LogP contribution in [0.2, 0.25) is 0 Å². The summed E-state index contributed by atoms with van der Waals surface area (Å²) in [7, 11) is 0. The van der Waals surface area contributed by atoms with Crippen molar-refractivity contribution < 1.29 is 19.5 Å². The molecule has 0 saturated heterocycles. The molecule has 1 unspecified atom stereocenters. The molecule has 35 heavy (non-hydrogen) atoms. The molecule has 10 heteroatoms. The minimum atomic E-state index is -1.16. The van der Waals surface area contributed by atoms with Gasteiger partial charge in [0.05, 0.1) is 9.35 Å². The summed E-state index contributed by atoms with van der Waals surface area (Å²) < 4.78 is 0.776. The van der Waals surface area contributed by atoms with E-state index >= 15 is 0 Å². The van der Waals surface area contributed by atoms with Gasteiger partial charge in [-0.3, -0.25) is 14.4 Å². The molecule has 0 radical (unpaired) electrons. The number of aliphatic carboxylic acids is 1. The first-order valence-electron chi connectivity index (χ1n) is 11.0. The van der Waals surface area contributed by atoms with E-state index in [1.165, 1.54) is 18.3 Å². The fourth-order valence-corrected chi connectivity index (χ4v) is 4.34. The molecule has 0 aliphatic heterocycles. The number of carboxylic acids is 1. The van der Waals surface area contributed by atoms with E-state index < -0.39 is 24.0 Å². The van der Waals surface area contributed by atoms with Crippen molar-refractivity contribution in [2.24, 2.45) is 0 Å². The third-order valence-electron chi connectivity index (χ3n) is 5.19. The summed E-state index contributed by atoms with van der Waals surface area (Å²) in [5, 5.41) is 14.4. The first kappa shape index (κ1) is 26.5. The number of rotatable bonds is 8. The normalized spacial score (nSPS) is 13.1. The van der Waals surface area contributed by atoms with Crippen LogP contribution in [-0.2, 0) is 21.4 Å². The van der Waals surface area contributed by atoms with Crippen LogP contribution in [0.3, 0.4) is 0 Å². The lowest BCUT2D eigenvalue weighted by molar-refractivity contribution is -0.141. The number of amides is 2. The van der Waals surface area contributed by atoms with E-state index in [1.54, 1.807) is 18.5 Å². The minimum absolute atomic E-state index is 0.100. The first-order chi connectivity index (χ1) is 16.4. The zero-order chi connectivity index (χ0) is 25.8. The average Bonchev–Trinajstić information content (AvgIpc) is 3.31. The van der Waals surface area contributed by atoms with E-state index in [1.807, 2.05) is 30.3 Å². The van der Waals surface area contributed by atoms with Gasteiger partial charge in [-0.1, -0.05) is 45.0 Å². The highest BCUT2D eigenvalue weighted by atomic mass is 79.9. The number of carboxylic acid groups (broad SMARTS) is 1. The van der Waals surface area contributed by atoms with E-state index in [4.69, 9.17) is 0 Å². The quantitative estimate of drug-likeness (QED) is 0.381. The molecule has 0 spiro atoms. The van der Waals surface area contributed by atoms with Crippen molar-refractivity contribution in [3.05, 3.63) is 68.6 Å². The molecule has 0 fully saturated rings. The van der Waals surface area contributed by atoms with Gasteiger partial charge in [0.25, 0.3) is 5.91 Å². The van der Waals surface area contributed by atoms with Crippen LogP contribution in [0.25, 0.3) is 11.4 Å². The molecule has 3 rings (SSSR count). The van der Waals surface area contributed by atoms with Crippen LogP contribution in [0.1, 0.15) is 47.8 Å². The summed E-state index contributed by atoms with van der Waals surface area (Å²) in [6.07, 6.45) is 3.50. The van der Waals surface area contributed by atoms with Gasteiger partial charge in [-0.25, -0.2) is 9.97 Å². The highest BCUT2D eigenvalue weighted by Gasteiger charge is 2.26. The van der Waals surface area contributed by atoms with Gasteiger partial charge in [-0.15, -0.1) is 11.3 Å². The molecule has 2 atom stereocenters. The Morgan fingerprint density at radius 3 is 2.20 bits per heavy atom.